The largest absolute Gasteiger partial charge is 0.485 e. The van der Waals surface area contributed by atoms with Gasteiger partial charge < -0.3 is 14.0 Å². The Morgan fingerprint density at radius 2 is 2.09 bits per heavy atom. The second-order valence-electron chi connectivity index (χ2n) is 5.07. The van der Waals surface area contributed by atoms with Gasteiger partial charge in [0.1, 0.15) is 12.4 Å². The number of rotatable bonds is 7. The van der Waals surface area contributed by atoms with Crippen molar-refractivity contribution in [1.82, 2.24) is 14.8 Å². The highest BCUT2D eigenvalue weighted by Crippen LogP contribution is 2.22. The van der Waals surface area contributed by atoms with Crippen molar-refractivity contribution in [3.05, 3.63) is 35.2 Å². The Labute approximate surface area is 140 Å². The average molecular weight is 335 g/mol. The Balaban J connectivity index is 2.06. The van der Waals surface area contributed by atoms with Gasteiger partial charge in [0.05, 0.1) is 12.9 Å². The van der Waals surface area contributed by atoms with Gasteiger partial charge in [-0.15, -0.1) is 10.2 Å². The molecule has 0 unspecified atom stereocenters. The number of benzene rings is 1. The molecule has 0 aliphatic heterocycles. The first-order valence-corrected chi connectivity index (χ1v) is 8.35. The van der Waals surface area contributed by atoms with Crippen LogP contribution in [0.2, 0.25) is 0 Å². The third-order valence-corrected chi connectivity index (χ3v) is 4.30. The number of carbonyl (C=O) groups excluding carboxylic acids is 1. The number of hydrogen-bond donors (Lipinski definition) is 0. The molecule has 0 spiro atoms. The van der Waals surface area contributed by atoms with Crippen LogP contribution in [0.5, 0.6) is 5.75 Å². The number of thioether (sulfide) groups is 1. The summed E-state index contributed by atoms with van der Waals surface area (Å²) >= 11 is 1.31. The highest BCUT2D eigenvalue weighted by Gasteiger charge is 2.14. The first-order chi connectivity index (χ1) is 11.0. The molecule has 6 nitrogen and oxygen atoms in total. The Kier molecular flexibility index (Phi) is 6.04. The summed E-state index contributed by atoms with van der Waals surface area (Å²) in [5.74, 6) is 1.51. The lowest BCUT2D eigenvalue weighted by molar-refractivity contribution is -0.137. The third-order valence-electron chi connectivity index (χ3n) is 3.36. The first kappa shape index (κ1) is 17.3. The van der Waals surface area contributed by atoms with Crippen LogP contribution in [-0.2, 0) is 22.7 Å². The fourth-order valence-electron chi connectivity index (χ4n) is 2.04. The number of hydrogen-bond acceptors (Lipinski definition) is 6. The van der Waals surface area contributed by atoms with Gasteiger partial charge in [0.25, 0.3) is 0 Å². The van der Waals surface area contributed by atoms with E-state index in [1.807, 2.05) is 37.5 Å². The maximum atomic E-state index is 11.2. The van der Waals surface area contributed by atoms with Gasteiger partial charge in [0, 0.05) is 6.54 Å². The number of aryl methyl sites for hydroxylation is 2. The quantitative estimate of drug-likeness (QED) is 0.572. The maximum absolute atomic E-state index is 11.2. The average Bonchev–Trinajstić information content (AvgIpc) is 2.95. The molecule has 124 valence electrons. The van der Waals surface area contributed by atoms with E-state index in [1.165, 1.54) is 18.9 Å². The summed E-state index contributed by atoms with van der Waals surface area (Å²) in [5, 5.41) is 9.00. The lowest BCUT2D eigenvalue weighted by Gasteiger charge is -2.11. The van der Waals surface area contributed by atoms with E-state index in [0.717, 1.165) is 22.7 Å². The van der Waals surface area contributed by atoms with E-state index < -0.39 is 0 Å². The van der Waals surface area contributed by atoms with Crippen LogP contribution in [-0.4, -0.2) is 33.6 Å². The van der Waals surface area contributed by atoms with Crippen molar-refractivity contribution in [2.75, 3.05) is 12.9 Å². The van der Waals surface area contributed by atoms with Crippen molar-refractivity contribution in [3.63, 3.8) is 0 Å². The van der Waals surface area contributed by atoms with E-state index >= 15 is 0 Å². The van der Waals surface area contributed by atoms with Crippen LogP contribution in [0.15, 0.2) is 23.4 Å². The van der Waals surface area contributed by atoms with Crippen LogP contribution in [0.1, 0.15) is 23.9 Å². The van der Waals surface area contributed by atoms with Gasteiger partial charge in [-0.05, 0) is 38.0 Å². The topological polar surface area (TPSA) is 66.2 Å². The lowest BCUT2D eigenvalue weighted by Crippen LogP contribution is -2.09. The van der Waals surface area contributed by atoms with Crippen molar-refractivity contribution in [2.24, 2.45) is 0 Å². The molecule has 1 aromatic heterocycles. The number of carbonyl (C=O) groups is 1. The predicted molar refractivity (Wildman–Crippen MR) is 88.7 cm³/mol. The number of ether oxygens (including phenoxy) is 2. The summed E-state index contributed by atoms with van der Waals surface area (Å²) in [5.41, 5.74) is 2.23. The lowest BCUT2D eigenvalue weighted by atomic mass is 10.1. The molecular weight excluding hydrogens is 314 g/mol. The van der Waals surface area contributed by atoms with Gasteiger partial charge in [-0.1, -0.05) is 23.9 Å². The van der Waals surface area contributed by atoms with Gasteiger partial charge in [-0.2, -0.15) is 0 Å². The molecule has 0 aliphatic carbocycles. The van der Waals surface area contributed by atoms with Crippen molar-refractivity contribution < 1.29 is 14.3 Å². The predicted octanol–water partition coefficient (Wildman–Crippen LogP) is 2.76. The van der Waals surface area contributed by atoms with E-state index in [2.05, 4.69) is 21.0 Å². The van der Waals surface area contributed by atoms with Crippen LogP contribution >= 0.6 is 11.8 Å². The van der Waals surface area contributed by atoms with E-state index in [1.54, 1.807) is 0 Å². The first-order valence-electron chi connectivity index (χ1n) is 7.36. The Morgan fingerprint density at radius 3 is 2.78 bits per heavy atom. The maximum Gasteiger partial charge on any atom is 0.316 e. The van der Waals surface area contributed by atoms with E-state index in [-0.39, 0.29) is 11.7 Å². The molecule has 0 fully saturated rings. The van der Waals surface area contributed by atoms with Gasteiger partial charge in [0.15, 0.2) is 11.0 Å². The standard InChI is InChI=1S/C16H21N3O3S/c1-5-19-14(17-18-16(19)23-10-15(20)21-4)9-22-13-8-11(2)6-7-12(13)3/h6-8H,5,9-10H2,1-4H3. The molecule has 23 heavy (non-hydrogen) atoms. The second-order valence-corrected chi connectivity index (χ2v) is 6.01. The number of methoxy groups -OCH3 is 1. The summed E-state index contributed by atoms with van der Waals surface area (Å²) in [6.45, 7) is 7.10. The fourth-order valence-corrected chi connectivity index (χ4v) is 2.89. The molecule has 2 aromatic rings. The minimum atomic E-state index is -0.283. The Bertz CT molecular complexity index is 685. The minimum Gasteiger partial charge on any atom is -0.485 e. The van der Waals surface area contributed by atoms with E-state index in [4.69, 9.17) is 4.74 Å². The molecule has 1 heterocycles. The summed E-state index contributed by atoms with van der Waals surface area (Å²) in [6, 6.07) is 6.10. The SMILES string of the molecule is CCn1c(COc2cc(C)ccc2C)nnc1SCC(=O)OC. The zero-order chi connectivity index (χ0) is 16.8. The van der Waals surface area contributed by atoms with Crippen LogP contribution in [0.3, 0.4) is 0 Å². The Hall–Kier alpha value is -2.02. The third kappa shape index (κ3) is 4.48. The molecule has 2 rings (SSSR count). The molecule has 0 N–H and O–H groups in total. The van der Waals surface area contributed by atoms with E-state index in [9.17, 15) is 4.79 Å². The molecule has 0 saturated heterocycles. The molecule has 0 atom stereocenters. The number of nitrogens with zero attached hydrogens (tertiary/aromatic N) is 3. The van der Waals surface area contributed by atoms with Crippen molar-refractivity contribution in [3.8, 4) is 5.75 Å². The highest BCUT2D eigenvalue weighted by atomic mass is 32.2. The molecule has 0 saturated carbocycles. The Morgan fingerprint density at radius 1 is 1.30 bits per heavy atom. The summed E-state index contributed by atoms with van der Waals surface area (Å²) in [4.78, 5) is 11.2. The molecule has 7 heteroatoms. The van der Waals surface area contributed by atoms with Crippen molar-refractivity contribution in [2.45, 2.75) is 39.1 Å². The minimum absolute atomic E-state index is 0.215. The van der Waals surface area contributed by atoms with Crippen LogP contribution < -0.4 is 4.74 Å². The second kappa shape index (κ2) is 8.01. The number of esters is 1. The van der Waals surface area contributed by atoms with Gasteiger partial charge in [-0.25, -0.2) is 0 Å². The van der Waals surface area contributed by atoms with Crippen LogP contribution in [0, 0.1) is 13.8 Å². The van der Waals surface area contributed by atoms with Crippen molar-refractivity contribution in [1.29, 1.82) is 0 Å². The molecule has 0 amide bonds. The zero-order valence-electron chi connectivity index (χ0n) is 13.8. The number of aromatic nitrogens is 3. The van der Waals surface area contributed by atoms with Gasteiger partial charge in [0.2, 0.25) is 0 Å². The monoisotopic (exact) mass is 335 g/mol. The smallest absolute Gasteiger partial charge is 0.316 e. The summed E-state index contributed by atoms with van der Waals surface area (Å²) < 4.78 is 12.5. The molecule has 1 aromatic carbocycles. The van der Waals surface area contributed by atoms with Crippen LogP contribution in [0.4, 0.5) is 0 Å². The normalized spacial score (nSPS) is 10.6. The molecule has 0 bridgehead atoms. The van der Waals surface area contributed by atoms with E-state index in [0.29, 0.717) is 18.3 Å². The highest BCUT2D eigenvalue weighted by molar-refractivity contribution is 7.99. The van der Waals surface area contributed by atoms with Crippen molar-refractivity contribution >= 4 is 17.7 Å². The molecule has 0 radical (unpaired) electrons. The molecular formula is C16H21N3O3S. The van der Waals surface area contributed by atoms with Gasteiger partial charge in [-0.3, -0.25) is 4.79 Å². The van der Waals surface area contributed by atoms with Gasteiger partial charge >= 0.3 is 5.97 Å². The fraction of sp³-hybridized carbons (Fsp3) is 0.438. The summed E-state index contributed by atoms with van der Waals surface area (Å²) in [7, 11) is 1.37. The summed E-state index contributed by atoms with van der Waals surface area (Å²) in [6.07, 6.45) is 0. The zero-order valence-corrected chi connectivity index (χ0v) is 14.6. The molecule has 0 aliphatic rings. The van der Waals surface area contributed by atoms with Crippen LogP contribution in [0.25, 0.3) is 0 Å².